The van der Waals surface area contributed by atoms with Crippen LogP contribution in [0.15, 0.2) is 42.5 Å². The molecule has 2 N–H and O–H groups in total. The van der Waals surface area contributed by atoms with E-state index < -0.39 is 0 Å². The first-order valence-electron chi connectivity index (χ1n) is 7.06. The van der Waals surface area contributed by atoms with Gasteiger partial charge in [0.15, 0.2) is 0 Å². The van der Waals surface area contributed by atoms with Crippen molar-refractivity contribution >= 4 is 23.2 Å². The number of rotatable bonds is 6. The highest BCUT2D eigenvalue weighted by Crippen LogP contribution is 2.22. The molecule has 0 aromatic heterocycles. The summed E-state index contributed by atoms with van der Waals surface area (Å²) < 4.78 is 12.8. The van der Waals surface area contributed by atoms with Crippen molar-refractivity contribution in [1.82, 2.24) is 5.32 Å². The van der Waals surface area contributed by atoms with Crippen molar-refractivity contribution in [3.8, 4) is 0 Å². The van der Waals surface area contributed by atoms with Crippen LogP contribution in [-0.4, -0.2) is 12.5 Å². The van der Waals surface area contributed by atoms with E-state index in [-0.39, 0.29) is 11.7 Å². The van der Waals surface area contributed by atoms with Gasteiger partial charge in [-0.1, -0.05) is 29.8 Å². The molecule has 0 saturated heterocycles. The van der Waals surface area contributed by atoms with Crippen LogP contribution in [0.1, 0.15) is 17.5 Å². The number of hydrogen-bond donors (Lipinski definition) is 2. The third-order valence-corrected chi connectivity index (χ3v) is 3.75. The maximum absolute atomic E-state index is 12.8. The number of carbonyl (C=O) groups is 1. The molecule has 0 spiro atoms. The fourth-order valence-electron chi connectivity index (χ4n) is 2.00. The molecule has 0 aliphatic carbocycles. The van der Waals surface area contributed by atoms with Crippen LogP contribution in [0.3, 0.4) is 0 Å². The minimum atomic E-state index is -0.281. The summed E-state index contributed by atoms with van der Waals surface area (Å²) in [5.74, 6) is -0.340. The molecule has 116 valence electrons. The Hall–Kier alpha value is -2.07. The van der Waals surface area contributed by atoms with Crippen molar-refractivity contribution < 1.29 is 9.18 Å². The quantitative estimate of drug-likeness (QED) is 0.847. The highest BCUT2D eigenvalue weighted by Gasteiger charge is 2.04. The van der Waals surface area contributed by atoms with Gasteiger partial charge in [0.05, 0.1) is 0 Å². The monoisotopic (exact) mass is 320 g/mol. The van der Waals surface area contributed by atoms with Gasteiger partial charge in [0.2, 0.25) is 5.91 Å². The number of nitrogens with one attached hydrogen (secondary N) is 2. The van der Waals surface area contributed by atoms with Gasteiger partial charge < -0.3 is 10.6 Å². The largest absolute Gasteiger partial charge is 0.384 e. The van der Waals surface area contributed by atoms with E-state index in [4.69, 9.17) is 11.6 Å². The zero-order chi connectivity index (χ0) is 15.9. The third kappa shape index (κ3) is 4.74. The highest BCUT2D eigenvalue weighted by molar-refractivity contribution is 6.31. The van der Waals surface area contributed by atoms with Gasteiger partial charge in [-0.3, -0.25) is 4.79 Å². The first-order chi connectivity index (χ1) is 10.6. The maximum atomic E-state index is 12.8. The maximum Gasteiger partial charge on any atom is 0.222 e. The van der Waals surface area contributed by atoms with Gasteiger partial charge in [-0.25, -0.2) is 4.39 Å². The van der Waals surface area contributed by atoms with Crippen LogP contribution in [0.25, 0.3) is 0 Å². The fourth-order valence-corrected chi connectivity index (χ4v) is 2.18. The summed E-state index contributed by atoms with van der Waals surface area (Å²) in [6.45, 7) is 2.85. The molecule has 5 heteroatoms. The van der Waals surface area contributed by atoms with Gasteiger partial charge in [0, 0.05) is 30.2 Å². The van der Waals surface area contributed by atoms with E-state index in [9.17, 15) is 9.18 Å². The Morgan fingerprint density at radius 2 is 1.91 bits per heavy atom. The minimum Gasteiger partial charge on any atom is -0.384 e. The molecule has 0 aliphatic rings. The van der Waals surface area contributed by atoms with Crippen molar-refractivity contribution in [3.05, 3.63) is 64.4 Å². The molecule has 0 saturated carbocycles. The van der Waals surface area contributed by atoms with Gasteiger partial charge in [0.25, 0.3) is 0 Å². The van der Waals surface area contributed by atoms with E-state index in [1.807, 2.05) is 25.1 Å². The lowest BCUT2D eigenvalue weighted by Crippen LogP contribution is -2.24. The van der Waals surface area contributed by atoms with Crippen molar-refractivity contribution in [1.29, 1.82) is 0 Å². The smallest absolute Gasteiger partial charge is 0.222 e. The lowest BCUT2D eigenvalue weighted by Gasteiger charge is -2.10. The molecule has 2 aromatic rings. The van der Waals surface area contributed by atoms with Gasteiger partial charge >= 0.3 is 0 Å². The molecule has 0 fully saturated rings. The molecule has 2 aromatic carbocycles. The summed E-state index contributed by atoms with van der Waals surface area (Å²) in [5.41, 5.74) is 2.77. The predicted molar refractivity (Wildman–Crippen MR) is 87.5 cm³/mol. The Balaban J connectivity index is 1.74. The average molecular weight is 321 g/mol. The lowest BCUT2D eigenvalue weighted by atomic mass is 10.2. The zero-order valence-electron chi connectivity index (χ0n) is 12.3. The third-order valence-electron chi connectivity index (χ3n) is 3.34. The molecule has 0 bridgehead atoms. The summed E-state index contributed by atoms with van der Waals surface area (Å²) in [5, 5.41) is 6.70. The molecule has 0 atom stereocenters. The van der Waals surface area contributed by atoms with Crippen LogP contribution in [0.4, 0.5) is 10.1 Å². The summed E-state index contributed by atoms with van der Waals surface area (Å²) in [7, 11) is 0. The van der Waals surface area contributed by atoms with Crippen LogP contribution >= 0.6 is 11.6 Å². The number of halogens is 2. The number of hydrogen-bond acceptors (Lipinski definition) is 2. The SMILES string of the molecule is Cc1c(Cl)cccc1NCCC(=O)NCc1ccc(F)cc1. The molecule has 2 rings (SSSR count). The Kier molecular flexibility index (Phi) is 5.78. The van der Waals surface area contributed by atoms with E-state index in [2.05, 4.69) is 10.6 Å². The number of carbonyl (C=O) groups excluding carboxylic acids is 1. The van der Waals surface area contributed by atoms with Crippen molar-refractivity contribution in [2.24, 2.45) is 0 Å². The lowest BCUT2D eigenvalue weighted by molar-refractivity contribution is -0.121. The molecule has 0 unspecified atom stereocenters. The minimum absolute atomic E-state index is 0.0588. The average Bonchev–Trinajstić information content (AvgIpc) is 2.51. The van der Waals surface area contributed by atoms with E-state index in [1.54, 1.807) is 12.1 Å². The second-order valence-electron chi connectivity index (χ2n) is 4.99. The second-order valence-corrected chi connectivity index (χ2v) is 5.40. The van der Waals surface area contributed by atoms with Crippen LogP contribution in [0.2, 0.25) is 5.02 Å². The summed E-state index contributed by atoms with van der Waals surface area (Å²) in [6.07, 6.45) is 0.354. The first kappa shape index (κ1) is 16.3. The summed E-state index contributed by atoms with van der Waals surface area (Å²) >= 11 is 6.04. The second kappa shape index (κ2) is 7.80. The first-order valence-corrected chi connectivity index (χ1v) is 7.44. The van der Waals surface area contributed by atoms with Crippen LogP contribution in [0, 0.1) is 12.7 Å². The topological polar surface area (TPSA) is 41.1 Å². The molecular formula is C17H18ClFN2O. The van der Waals surface area contributed by atoms with Crippen LogP contribution in [0.5, 0.6) is 0 Å². The van der Waals surface area contributed by atoms with Gasteiger partial charge in [-0.15, -0.1) is 0 Å². The standard InChI is InChI=1S/C17H18ClFN2O/c1-12-15(18)3-2-4-16(12)20-10-9-17(22)21-11-13-5-7-14(19)8-6-13/h2-8,20H,9-11H2,1H3,(H,21,22). The highest BCUT2D eigenvalue weighted by atomic mass is 35.5. The van der Waals surface area contributed by atoms with E-state index in [0.29, 0.717) is 24.5 Å². The predicted octanol–water partition coefficient (Wildman–Crippen LogP) is 3.91. The van der Waals surface area contributed by atoms with E-state index in [1.165, 1.54) is 12.1 Å². The Labute approximate surface area is 134 Å². The zero-order valence-corrected chi connectivity index (χ0v) is 13.1. The normalized spacial score (nSPS) is 10.3. The van der Waals surface area contributed by atoms with E-state index in [0.717, 1.165) is 16.8 Å². The molecular weight excluding hydrogens is 303 g/mol. The number of benzene rings is 2. The fraction of sp³-hybridized carbons (Fsp3) is 0.235. The Morgan fingerprint density at radius 3 is 2.64 bits per heavy atom. The Bertz CT molecular complexity index is 644. The summed E-state index contributed by atoms with van der Waals surface area (Å²) in [4.78, 5) is 11.8. The van der Waals surface area contributed by atoms with Crippen LogP contribution in [-0.2, 0) is 11.3 Å². The van der Waals surface area contributed by atoms with E-state index >= 15 is 0 Å². The van der Waals surface area contributed by atoms with Crippen LogP contribution < -0.4 is 10.6 Å². The molecule has 0 aliphatic heterocycles. The van der Waals surface area contributed by atoms with Crippen molar-refractivity contribution in [2.45, 2.75) is 19.9 Å². The molecule has 0 radical (unpaired) electrons. The molecule has 0 heterocycles. The van der Waals surface area contributed by atoms with Crippen molar-refractivity contribution in [3.63, 3.8) is 0 Å². The van der Waals surface area contributed by atoms with Gasteiger partial charge in [0.1, 0.15) is 5.82 Å². The number of amides is 1. The molecule has 3 nitrogen and oxygen atoms in total. The number of anilines is 1. The van der Waals surface area contributed by atoms with Gasteiger partial charge in [-0.05, 0) is 42.3 Å². The molecule has 22 heavy (non-hydrogen) atoms. The summed E-state index contributed by atoms with van der Waals surface area (Å²) in [6, 6.07) is 11.7. The molecule has 1 amide bonds. The Morgan fingerprint density at radius 1 is 1.18 bits per heavy atom. The van der Waals surface area contributed by atoms with Crippen molar-refractivity contribution in [2.75, 3.05) is 11.9 Å². The van der Waals surface area contributed by atoms with Gasteiger partial charge in [-0.2, -0.15) is 0 Å².